The van der Waals surface area contributed by atoms with Crippen LogP contribution in [0.1, 0.15) is 50.8 Å². The highest BCUT2D eigenvalue weighted by molar-refractivity contribution is 5.88. The molecule has 11 nitrogen and oxygen atoms in total. The topological polar surface area (TPSA) is 152 Å². The van der Waals surface area contributed by atoms with Gasteiger partial charge in [0.1, 0.15) is 12.6 Å². The number of anilines is 1. The molecule has 0 radical (unpaired) electrons. The largest absolute Gasteiger partial charge is 0.493 e. The van der Waals surface area contributed by atoms with Gasteiger partial charge in [-0.15, -0.1) is 0 Å². The summed E-state index contributed by atoms with van der Waals surface area (Å²) >= 11 is 0. The Kier molecular flexibility index (Phi) is 9.98. The van der Waals surface area contributed by atoms with Gasteiger partial charge in [-0.2, -0.15) is 0 Å². The van der Waals surface area contributed by atoms with E-state index in [1.807, 2.05) is 19.9 Å². The van der Waals surface area contributed by atoms with Gasteiger partial charge in [-0.05, 0) is 53.6 Å². The standard InChI is InChI=1S/C29H37N3O8/c1-7-15(2)26(29(37)30-14-24(35)36)32-21-11-9-18-19(13-22(21)34)20(31-16(3)33)10-8-17-12-23(38-4)27(39-5)28(40-6)25(17)18/h9,11-13,15,20,26H,7-8,10,14H2,1-6H3,(H,30,37)(H,31,33)(H,32,34)(H,35,36)/t15-,20-,26-/m0/s1. The summed E-state index contributed by atoms with van der Waals surface area (Å²) in [7, 11) is 4.57. The van der Waals surface area contributed by atoms with E-state index < -0.39 is 30.5 Å². The maximum absolute atomic E-state index is 13.6. The van der Waals surface area contributed by atoms with Crippen molar-refractivity contribution < 1.29 is 33.7 Å². The van der Waals surface area contributed by atoms with Gasteiger partial charge in [-0.1, -0.05) is 26.3 Å². The summed E-state index contributed by atoms with van der Waals surface area (Å²) in [6, 6.07) is 5.36. The van der Waals surface area contributed by atoms with E-state index in [9.17, 15) is 19.2 Å². The lowest BCUT2D eigenvalue weighted by atomic mass is 9.95. The van der Waals surface area contributed by atoms with Crippen LogP contribution in [0.3, 0.4) is 0 Å². The summed E-state index contributed by atoms with van der Waals surface area (Å²) < 4.78 is 17.0. The molecule has 0 aromatic heterocycles. The van der Waals surface area contributed by atoms with Crippen LogP contribution in [0, 0.1) is 5.92 Å². The summed E-state index contributed by atoms with van der Waals surface area (Å²) in [5, 5.41) is 17.4. The number of rotatable bonds is 11. The van der Waals surface area contributed by atoms with Crippen LogP contribution in [0.5, 0.6) is 17.2 Å². The van der Waals surface area contributed by atoms with Crippen molar-refractivity contribution in [2.24, 2.45) is 5.92 Å². The number of ether oxygens (including phenoxy) is 3. The number of carbonyl (C=O) groups is 3. The second kappa shape index (κ2) is 13.2. The lowest BCUT2D eigenvalue weighted by molar-refractivity contribution is -0.138. The van der Waals surface area contributed by atoms with Gasteiger partial charge < -0.3 is 35.3 Å². The fourth-order valence-corrected chi connectivity index (χ4v) is 4.97. The number of fused-ring (bicyclic) bond motifs is 3. The van der Waals surface area contributed by atoms with Gasteiger partial charge in [0.25, 0.3) is 0 Å². The lowest BCUT2D eigenvalue weighted by Gasteiger charge is -2.23. The first-order valence-corrected chi connectivity index (χ1v) is 13.1. The molecule has 40 heavy (non-hydrogen) atoms. The van der Waals surface area contributed by atoms with Crippen LogP contribution in [0.15, 0.2) is 29.1 Å². The Labute approximate surface area is 233 Å². The van der Waals surface area contributed by atoms with Crippen LogP contribution in [-0.4, -0.2) is 56.8 Å². The molecule has 3 atom stereocenters. The van der Waals surface area contributed by atoms with Gasteiger partial charge in [0.2, 0.25) is 23.0 Å². The van der Waals surface area contributed by atoms with E-state index in [1.54, 1.807) is 12.1 Å². The number of hydrogen-bond acceptors (Lipinski definition) is 8. The molecule has 2 aromatic rings. The number of nitrogens with one attached hydrogen (secondary N) is 3. The first-order chi connectivity index (χ1) is 19.1. The molecule has 0 fully saturated rings. The molecular formula is C29H37N3O8. The van der Waals surface area contributed by atoms with Gasteiger partial charge in [-0.25, -0.2) is 0 Å². The van der Waals surface area contributed by atoms with Crippen molar-refractivity contribution in [2.75, 3.05) is 33.2 Å². The molecule has 4 N–H and O–H groups in total. The van der Waals surface area contributed by atoms with Crippen LogP contribution in [0.25, 0.3) is 11.1 Å². The minimum atomic E-state index is -1.17. The van der Waals surface area contributed by atoms with E-state index in [0.717, 1.165) is 5.56 Å². The molecule has 1 aliphatic carbocycles. The Morgan fingerprint density at radius 3 is 2.35 bits per heavy atom. The Morgan fingerprint density at radius 1 is 1.07 bits per heavy atom. The molecule has 3 rings (SSSR count). The minimum absolute atomic E-state index is 0.159. The van der Waals surface area contributed by atoms with E-state index in [2.05, 4.69) is 16.0 Å². The molecule has 11 heteroatoms. The third kappa shape index (κ3) is 6.47. The Balaban J connectivity index is 2.24. The Morgan fingerprint density at radius 2 is 1.77 bits per heavy atom. The summed E-state index contributed by atoms with van der Waals surface area (Å²) in [5.41, 5.74) is 2.62. The van der Waals surface area contributed by atoms with Crippen molar-refractivity contribution in [3.05, 3.63) is 45.6 Å². The second-order valence-electron chi connectivity index (χ2n) is 9.71. The molecule has 0 aliphatic heterocycles. The molecule has 0 heterocycles. The molecule has 0 spiro atoms. The summed E-state index contributed by atoms with van der Waals surface area (Å²) in [6.45, 7) is 4.63. The molecule has 216 valence electrons. The predicted octanol–water partition coefficient (Wildman–Crippen LogP) is 2.89. The number of benzene rings is 1. The molecule has 1 aliphatic rings. The normalized spacial score (nSPS) is 15.3. The monoisotopic (exact) mass is 555 g/mol. The number of carboxylic acids is 1. The number of hydrogen-bond donors (Lipinski definition) is 4. The number of aliphatic carboxylic acids is 1. The fourth-order valence-electron chi connectivity index (χ4n) is 4.97. The van der Waals surface area contributed by atoms with E-state index in [0.29, 0.717) is 53.2 Å². The van der Waals surface area contributed by atoms with Gasteiger partial charge in [-0.3, -0.25) is 19.2 Å². The van der Waals surface area contributed by atoms with Crippen molar-refractivity contribution >= 4 is 23.5 Å². The number of aryl methyl sites for hydroxylation is 1. The summed E-state index contributed by atoms with van der Waals surface area (Å²) in [6.07, 6.45) is 1.69. The maximum Gasteiger partial charge on any atom is 0.322 e. The first-order valence-electron chi connectivity index (χ1n) is 13.1. The van der Waals surface area contributed by atoms with Crippen molar-refractivity contribution in [1.29, 1.82) is 0 Å². The lowest BCUT2D eigenvalue weighted by Crippen LogP contribution is -2.45. The van der Waals surface area contributed by atoms with Crippen LogP contribution in [0.2, 0.25) is 0 Å². The molecule has 2 amide bonds. The summed E-state index contributed by atoms with van der Waals surface area (Å²) in [4.78, 5) is 49.6. The number of methoxy groups -OCH3 is 3. The van der Waals surface area contributed by atoms with Gasteiger partial charge in [0.15, 0.2) is 11.5 Å². The SMILES string of the molecule is CC[C@H](C)[C@H](Nc1ccc2c(cc1=O)[C@@H](NC(C)=O)CCc1cc(OC)c(OC)c(OC)c1-2)C(=O)NCC(=O)O. The molecule has 0 saturated carbocycles. The number of carbonyl (C=O) groups excluding carboxylic acids is 2. The Bertz CT molecular complexity index is 1340. The smallest absolute Gasteiger partial charge is 0.322 e. The highest BCUT2D eigenvalue weighted by Gasteiger charge is 2.30. The maximum atomic E-state index is 13.6. The van der Waals surface area contributed by atoms with Crippen molar-refractivity contribution in [3.63, 3.8) is 0 Å². The zero-order chi connectivity index (χ0) is 29.6. The highest BCUT2D eigenvalue weighted by Crippen LogP contribution is 2.50. The molecule has 2 aromatic carbocycles. The third-order valence-corrected chi connectivity index (χ3v) is 7.14. The predicted molar refractivity (Wildman–Crippen MR) is 150 cm³/mol. The minimum Gasteiger partial charge on any atom is -0.493 e. The average molecular weight is 556 g/mol. The molecule has 0 unspecified atom stereocenters. The van der Waals surface area contributed by atoms with Crippen LogP contribution in [-0.2, 0) is 20.8 Å². The zero-order valence-corrected chi connectivity index (χ0v) is 23.7. The van der Waals surface area contributed by atoms with Gasteiger partial charge >= 0.3 is 5.97 Å². The summed E-state index contributed by atoms with van der Waals surface area (Å²) in [5.74, 6) is -0.821. The van der Waals surface area contributed by atoms with Gasteiger partial charge in [0, 0.05) is 12.5 Å². The average Bonchev–Trinajstić information content (AvgIpc) is 3.17. The van der Waals surface area contributed by atoms with E-state index in [4.69, 9.17) is 19.3 Å². The van der Waals surface area contributed by atoms with Crippen molar-refractivity contribution in [1.82, 2.24) is 10.6 Å². The number of amides is 2. The van der Waals surface area contributed by atoms with E-state index in [-0.39, 0.29) is 22.9 Å². The van der Waals surface area contributed by atoms with Gasteiger partial charge in [0.05, 0.1) is 33.1 Å². The van der Waals surface area contributed by atoms with Crippen LogP contribution < -0.4 is 35.6 Å². The first kappa shape index (κ1) is 30.3. The van der Waals surface area contributed by atoms with Crippen molar-refractivity contribution in [2.45, 2.75) is 52.1 Å². The highest BCUT2D eigenvalue weighted by atomic mass is 16.5. The van der Waals surface area contributed by atoms with Crippen LogP contribution in [0.4, 0.5) is 5.69 Å². The zero-order valence-electron chi connectivity index (χ0n) is 23.7. The molecule has 0 saturated heterocycles. The second-order valence-corrected chi connectivity index (χ2v) is 9.71. The third-order valence-electron chi connectivity index (χ3n) is 7.14. The number of carboxylic acid groups (broad SMARTS) is 1. The van der Waals surface area contributed by atoms with E-state index in [1.165, 1.54) is 34.3 Å². The van der Waals surface area contributed by atoms with Crippen molar-refractivity contribution in [3.8, 4) is 28.4 Å². The fraction of sp³-hybridized carbons (Fsp3) is 0.448. The molecule has 0 bridgehead atoms. The quantitative estimate of drug-likeness (QED) is 0.328. The Hall–Kier alpha value is -4.28. The van der Waals surface area contributed by atoms with E-state index >= 15 is 0 Å². The molecular weight excluding hydrogens is 518 g/mol. The van der Waals surface area contributed by atoms with Crippen LogP contribution >= 0.6 is 0 Å².